The van der Waals surface area contributed by atoms with Crippen LogP contribution in [0.5, 0.6) is 17.2 Å². The van der Waals surface area contributed by atoms with Crippen LogP contribution in [0.15, 0.2) is 36.4 Å². The predicted octanol–water partition coefficient (Wildman–Crippen LogP) is 3.60. The van der Waals surface area contributed by atoms with E-state index in [4.69, 9.17) is 14.2 Å². The Hall–Kier alpha value is -2.49. The number of esters is 1. The van der Waals surface area contributed by atoms with E-state index < -0.39 is 5.97 Å². The minimum atomic E-state index is -0.442. The Bertz CT molecular complexity index is 677. The lowest BCUT2D eigenvalue weighted by atomic mass is 10.1. The van der Waals surface area contributed by atoms with E-state index in [-0.39, 0.29) is 6.61 Å². The minimum absolute atomic E-state index is 0.173. The molecule has 2 aromatic carbocycles. The SMILES string of the molecule is COc1ccccc1OCC(=O)Oc1c(C)ccc(C)c1C. The Kier molecular flexibility index (Phi) is 5.04. The summed E-state index contributed by atoms with van der Waals surface area (Å²) in [6.45, 7) is 5.66. The molecule has 0 atom stereocenters. The lowest BCUT2D eigenvalue weighted by Crippen LogP contribution is -2.19. The molecule has 0 saturated heterocycles. The van der Waals surface area contributed by atoms with Gasteiger partial charge in [0.05, 0.1) is 7.11 Å². The van der Waals surface area contributed by atoms with Crippen molar-refractivity contribution in [3.63, 3.8) is 0 Å². The summed E-state index contributed by atoms with van der Waals surface area (Å²) < 4.78 is 16.1. The Morgan fingerprint density at radius 2 is 1.59 bits per heavy atom. The van der Waals surface area contributed by atoms with Crippen LogP contribution in [0.4, 0.5) is 0 Å². The van der Waals surface area contributed by atoms with Gasteiger partial charge in [0.2, 0.25) is 0 Å². The summed E-state index contributed by atoms with van der Waals surface area (Å²) in [5, 5.41) is 0. The molecule has 116 valence electrons. The third kappa shape index (κ3) is 3.58. The fraction of sp³-hybridized carbons (Fsp3) is 0.278. The molecule has 2 aromatic rings. The van der Waals surface area contributed by atoms with Gasteiger partial charge in [0.25, 0.3) is 0 Å². The molecule has 0 bridgehead atoms. The van der Waals surface area contributed by atoms with Crippen molar-refractivity contribution in [1.82, 2.24) is 0 Å². The molecule has 0 amide bonds. The predicted molar refractivity (Wildman–Crippen MR) is 84.8 cm³/mol. The normalized spacial score (nSPS) is 10.2. The molecule has 0 aliphatic carbocycles. The third-order valence-corrected chi connectivity index (χ3v) is 3.50. The Labute approximate surface area is 130 Å². The van der Waals surface area contributed by atoms with Gasteiger partial charge < -0.3 is 14.2 Å². The Balaban J connectivity index is 2.04. The van der Waals surface area contributed by atoms with E-state index in [1.807, 2.05) is 45.0 Å². The molecule has 0 N–H and O–H groups in total. The van der Waals surface area contributed by atoms with Crippen molar-refractivity contribution in [3.8, 4) is 17.2 Å². The molecule has 0 saturated carbocycles. The van der Waals surface area contributed by atoms with Gasteiger partial charge in [0.15, 0.2) is 18.1 Å². The molecule has 0 aromatic heterocycles. The molecule has 4 nitrogen and oxygen atoms in total. The molecule has 2 rings (SSSR count). The largest absolute Gasteiger partial charge is 0.493 e. The van der Waals surface area contributed by atoms with Gasteiger partial charge in [-0.3, -0.25) is 0 Å². The quantitative estimate of drug-likeness (QED) is 0.625. The van der Waals surface area contributed by atoms with Gasteiger partial charge >= 0.3 is 5.97 Å². The number of carbonyl (C=O) groups excluding carboxylic acids is 1. The zero-order chi connectivity index (χ0) is 16.1. The van der Waals surface area contributed by atoms with E-state index in [2.05, 4.69) is 0 Å². The van der Waals surface area contributed by atoms with Gasteiger partial charge in [-0.1, -0.05) is 24.3 Å². The number of aryl methyl sites for hydroxylation is 2. The second-order valence-corrected chi connectivity index (χ2v) is 5.07. The summed E-state index contributed by atoms with van der Waals surface area (Å²) in [4.78, 5) is 12.0. The number of para-hydroxylation sites is 2. The van der Waals surface area contributed by atoms with Crippen LogP contribution in [0.2, 0.25) is 0 Å². The zero-order valence-electron chi connectivity index (χ0n) is 13.3. The van der Waals surface area contributed by atoms with E-state index in [1.165, 1.54) is 0 Å². The van der Waals surface area contributed by atoms with Crippen LogP contribution < -0.4 is 14.2 Å². The fourth-order valence-corrected chi connectivity index (χ4v) is 2.10. The Morgan fingerprint density at radius 3 is 2.27 bits per heavy atom. The highest BCUT2D eigenvalue weighted by molar-refractivity contribution is 5.75. The van der Waals surface area contributed by atoms with E-state index >= 15 is 0 Å². The summed E-state index contributed by atoms with van der Waals surface area (Å²) in [6, 6.07) is 11.1. The topological polar surface area (TPSA) is 44.8 Å². The molecule has 0 radical (unpaired) electrons. The summed E-state index contributed by atoms with van der Waals surface area (Å²) in [5.41, 5.74) is 2.97. The second kappa shape index (κ2) is 6.98. The average molecular weight is 300 g/mol. The van der Waals surface area contributed by atoms with E-state index in [0.717, 1.165) is 16.7 Å². The van der Waals surface area contributed by atoms with Crippen molar-refractivity contribution in [1.29, 1.82) is 0 Å². The van der Waals surface area contributed by atoms with Crippen molar-refractivity contribution in [3.05, 3.63) is 53.1 Å². The highest BCUT2D eigenvalue weighted by atomic mass is 16.6. The van der Waals surface area contributed by atoms with Crippen LogP contribution in [0.3, 0.4) is 0 Å². The molecule has 22 heavy (non-hydrogen) atoms. The van der Waals surface area contributed by atoms with Crippen molar-refractivity contribution in [2.75, 3.05) is 13.7 Å². The maximum Gasteiger partial charge on any atom is 0.349 e. The molecule has 0 spiro atoms. The highest BCUT2D eigenvalue weighted by Gasteiger charge is 2.13. The number of ether oxygens (including phenoxy) is 3. The number of hydrogen-bond donors (Lipinski definition) is 0. The standard InChI is InChI=1S/C18H20O4/c1-12-9-10-13(2)18(14(12)3)22-17(19)11-21-16-8-6-5-7-15(16)20-4/h5-10H,11H2,1-4H3. The van der Waals surface area contributed by atoms with Crippen molar-refractivity contribution >= 4 is 5.97 Å². The molecule has 0 aliphatic heterocycles. The summed E-state index contributed by atoms with van der Waals surface area (Å²) in [6.07, 6.45) is 0. The lowest BCUT2D eigenvalue weighted by Gasteiger charge is -2.13. The van der Waals surface area contributed by atoms with Crippen LogP contribution in [-0.4, -0.2) is 19.7 Å². The van der Waals surface area contributed by atoms with Gasteiger partial charge in [-0.05, 0) is 49.6 Å². The summed E-state index contributed by atoms with van der Waals surface area (Å²) in [7, 11) is 1.56. The van der Waals surface area contributed by atoms with E-state index in [9.17, 15) is 4.79 Å². The molecule has 0 unspecified atom stereocenters. The first-order chi connectivity index (χ1) is 10.5. The van der Waals surface area contributed by atoms with Crippen molar-refractivity contribution in [2.24, 2.45) is 0 Å². The van der Waals surface area contributed by atoms with Gasteiger partial charge in [0, 0.05) is 0 Å². The van der Waals surface area contributed by atoms with Crippen LogP contribution in [0.25, 0.3) is 0 Å². The molecule has 0 aliphatic rings. The van der Waals surface area contributed by atoms with Crippen molar-refractivity contribution < 1.29 is 19.0 Å². The summed E-state index contributed by atoms with van der Waals surface area (Å²) >= 11 is 0. The van der Waals surface area contributed by atoms with Crippen LogP contribution in [0, 0.1) is 20.8 Å². The first-order valence-electron chi connectivity index (χ1n) is 7.06. The molecule has 0 fully saturated rings. The smallest absolute Gasteiger partial charge is 0.349 e. The lowest BCUT2D eigenvalue weighted by molar-refractivity contribution is -0.136. The fourth-order valence-electron chi connectivity index (χ4n) is 2.10. The monoisotopic (exact) mass is 300 g/mol. The average Bonchev–Trinajstić information content (AvgIpc) is 2.53. The number of carbonyl (C=O) groups is 1. The van der Waals surface area contributed by atoms with Crippen LogP contribution in [-0.2, 0) is 4.79 Å². The highest BCUT2D eigenvalue weighted by Crippen LogP contribution is 2.27. The van der Waals surface area contributed by atoms with Gasteiger partial charge in [-0.2, -0.15) is 0 Å². The number of rotatable bonds is 5. The maximum absolute atomic E-state index is 12.0. The van der Waals surface area contributed by atoms with Gasteiger partial charge in [-0.25, -0.2) is 4.79 Å². The van der Waals surface area contributed by atoms with Crippen LogP contribution >= 0.6 is 0 Å². The number of benzene rings is 2. The Morgan fingerprint density at radius 1 is 0.955 bits per heavy atom. The van der Waals surface area contributed by atoms with Crippen LogP contribution in [0.1, 0.15) is 16.7 Å². The molecule has 4 heteroatoms. The first kappa shape index (κ1) is 15.9. The van der Waals surface area contributed by atoms with E-state index in [1.54, 1.807) is 19.2 Å². The number of hydrogen-bond acceptors (Lipinski definition) is 4. The van der Waals surface area contributed by atoms with Crippen molar-refractivity contribution in [2.45, 2.75) is 20.8 Å². The molecular weight excluding hydrogens is 280 g/mol. The third-order valence-electron chi connectivity index (χ3n) is 3.50. The second-order valence-electron chi connectivity index (χ2n) is 5.07. The molecule has 0 heterocycles. The zero-order valence-corrected chi connectivity index (χ0v) is 13.3. The van der Waals surface area contributed by atoms with E-state index in [0.29, 0.717) is 17.2 Å². The minimum Gasteiger partial charge on any atom is -0.493 e. The van der Waals surface area contributed by atoms with Gasteiger partial charge in [-0.15, -0.1) is 0 Å². The molecular formula is C18H20O4. The maximum atomic E-state index is 12.0. The van der Waals surface area contributed by atoms with Gasteiger partial charge in [0.1, 0.15) is 5.75 Å². The summed E-state index contributed by atoms with van der Waals surface area (Å²) in [5.74, 6) is 1.26. The number of methoxy groups -OCH3 is 1. The first-order valence-corrected chi connectivity index (χ1v) is 7.06.